The van der Waals surface area contributed by atoms with Crippen molar-refractivity contribution in [3.8, 4) is 0 Å². The zero-order valence-electron chi connectivity index (χ0n) is 15.8. The molecule has 1 fully saturated rings. The lowest BCUT2D eigenvalue weighted by molar-refractivity contribution is 0.0941. The van der Waals surface area contributed by atoms with E-state index in [4.69, 9.17) is 23.2 Å². The van der Waals surface area contributed by atoms with Gasteiger partial charge in [0.2, 0.25) is 0 Å². The lowest BCUT2D eigenvalue weighted by Gasteiger charge is -2.26. The fourth-order valence-corrected chi connectivity index (χ4v) is 5.67. The van der Waals surface area contributed by atoms with E-state index < -0.39 is 9.84 Å². The first-order chi connectivity index (χ1) is 13.7. The molecule has 2 heterocycles. The highest BCUT2D eigenvalue weighted by Gasteiger charge is 2.34. The van der Waals surface area contributed by atoms with Gasteiger partial charge in [0.05, 0.1) is 17.5 Å². The molecule has 5 nitrogen and oxygen atoms in total. The Morgan fingerprint density at radius 1 is 1.10 bits per heavy atom. The van der Waals surface area contributed by atoms with E-state index in [2.05, 4.69) is 10.3 Å². The third kappa shape index (κ3) is 4.49. The zero-order valence-corrected chi connectivity index (χ0v) is 18.1. The summed E-state index contributed by atoms with van der Waals surface area (Å²) in [5.41, 5.74) is 4.44. The Morgan fingerprint density at radius 2 is 1.79 bits per heavy atom. The molecule has 2 aromatic carbocycles. The lowest BCUT2D eigenvalue weighted by Crippen LogP contribution is -2.53. The van der Waals surface area contributed by atoms with Crippen LogP contribution in [0.2, 0.25) is 10.0 Å². The molecule has 1 N–H and O–H groups in total. The number of rotatable bonds is 4. The standard InChI is InChI=1S/C21H20Cl2N2O3S/c1-12-4-13(2-3-19(12)21(26)25-18-10-29(27,28)11-18)20-7-15(9-24-20)14-5-16(22)8-17(23)6-14/h2-6,8,15,18H,7,9-11H2,1H3,(H,25,26). The summed E-state index contributed by atoms with van der Waals surface area (Å²) < 4.78 is 22.5. The van der Waals surface area contributed by atoms with E-state index >= 15 is 0 Å². The van der Waals surface area contributed by atoms with Crippen molar-refractivity contribution < 1.29 is 13.2 Å². The Labute approximate surface area is 180 Å². The summed E-state index contributed by atoms with van der Waals surface area (Å²) >= 11 is 12.2. The Balaban J connectivity index is 1.45. The van der Waals surface area contributed by atoms with Crippen LogP contribution in [0.5, 0.6) is 0 Å². The molecule has 1 saturated heterocycles. The van der Waals surface area contributed by atoms with E-state index in [1.807, 2.05) is 31.2 Å². The number of benzene rings is 2. The first-order valence-electron chi connectivity index (χ1n) is 9.32. The fourth-order valence-electron chi connectivity index (χ4n) is 3.83. The molecule has 0 saturated carbocycles. The minimum Gasteiger partial charge on any atom is -0.347 e. The van der Waals surface area contributed by atoms with Gasteiger partial charge in [-0.05, 0) is 60.4 Å². The molecule has 0 spiro atoms. The van der Waals surface area contributed by atoms with Crippen molar-refractivity contribution in [2.75, 3.05) is 18.1 Å². The second kappa shape index (κ2) is 7.74. The monoisotopic (exact) mass is 450 g/mol. The number of nitrogens with zero attached hydrogens (tertiary/aromatic N) is 1. The molecule has 2 aliphatic rings. The number of sulfone groups is 1. The summed E-state index contributed by atoms with van der Waals surface area (Å²) in [5.74, 6) is 0.0159. The minimum atomic E-state index is -2.97. The highest BCUT2D eigenvalue weighted by molar-refractivity contribution is 7.92. The second-order valence-electron chi connectivity index (χ2n) is 7.67. The van der Waals surface area contributed by atoms with Crippen LogP contribution in [0.3, 0.4) is 0 Å². The Kier molecular flexibility index (Phi) is 5.44. The van der Waals surface area contributed by atoms with Gasteiger partial charge in [-0.1, -0.05) is 29.3 Å². The molecule has 2 aliphatic heterocycles. The van der Waals surface area contributed by atoms with E-state index in [-0.39, 0.29) is 29.4 Å². The Hall–Kier alpha value is -1.89. The topological polar surface area (TPSA) is 75.6 Å². The van der Waals surface area contributed by atoms with Gasteiger partial charge in [-0.2, -0.15) is 0 Å². The van der Waals surface area contributed by atoms with Gasteiger partial charge in [-0.25, -0.2) is 8.42 Å². The average Bonchev–Trinajstić information content (AvgIpc) is 3.09. The molecule has 8 heteroatoms. The number of carbonyl (C=O) groups is 1. The Bertz CT molecular complexity index is 1100. The number of aryl methyl sites for hydroxylation is 1. The van der Waals surface area contributed by atoms with Crippen LogP contribution in [-0.4, -0.2) is 44.1 Å². The molecule has 0 aliphatic carbocycles. The van der Waals surface area contributed by atoms with Crippen LogP contribution in [0.4, 0.5) is 0 Å². The van der Waals surface area contributed by atoms with Crippen molar-refractivity contribution in [1.29, 1.82) is 0 Å². The van der Waals surface area contributed by atoms with Crippen LogP contribution in [0.15, 0.2) is 41.4 Å². The van der Waals surface area contributed by atoms with Crippen molar-refractivity contribution in [2.45, 2.75) is 25.3 Å². The predicted molar refractivity (Wildman–Crippen MR) is 116 cm³/mol. The van der Waals surface area contributed by atoms with Crippen LogP contribution >= 0.6 is 23.2 Å². The number of aliphatic imine (C=N–C) groups is 1. The normalized spacial score (nSPS) is 20.8. The van der Waals surface area contributed by atoms with Gasteiger partial charge in [0, 0.05) is 33.8 Å². The van der Waals surface area contributed by atoms with E-state index in [0.717, 1.165) is 28.8 Å². The highest BCUT2D eigenvalue weighted by atomic mass is 35.5. The third-order valence-corrected chi connectivity index (χ3v) is 7.61. The van der Waals surface area contributed by atoms with Crippen molar-refractivity contribution in [1.82, 2.24) is 5.32 Å². The molecule has 29 heavy (non-hydrogen) atoms. The molecule has 1 atom stereocenters. The molecule has 2 aromatic rings. The second-order valence-corrected chi connectivity index (χ2v) is 10.7. The summed E-state index contributed by atoms with van der Waals surface area (Å²) in [6.45, 7) is 2.54. The van der Waals surface area contributed by atoms with Gasteiger partial charge >= 0.3 is 0 Å². The van der Waals surface area contributed by atoms with E-state index in [1.54, 1.807) is 12.1 Å². The molecule has 1 unspecified atom stereocenters. The number of hydrogen-bond acceptors (Lipinski definition) is 4. The summed E-state index contributed by atoms with van der Waals surface area (Å²) in [5, 5.41) is 4.02. The van der Waals surface area contributed by atoms with E-state index in [9.17, 15) is 13.2 Å². The van der Waals surface area contributed by atoms with Gasteiger partial charge in [-0.15, -0.1) is 0 Å². The summed E-state index contributed by atoms with van der Waals surface area (Å²) in [6.07, 6.45) is 0.779. The fraction of sp³-hybridized carbons (Fsp3) is 0.333. The summed E-state index contributed by atoms with van der Waals surface area (Å²) in [4.78, 5) is 17.1. The van der Waals surface area contributed by atoms with Gasteiger partial charge in [-0.3, -0.25) is 9.79 Å². The largest absolute Gasteiger partial charge is 0.347 e. The molecule has 1 amide bonds. The zero-order chi connectivity index (χ0) is 20.8. The summed E-state index contributed by atoms with van der Waals surface area (Å²) in [7, 11) is -2.97. The first kappa shape index (κ1) is 20.4. The van der Waals surface area contributed by atoms with Crippen molar-refractivity contribution in [2.24, 2.45) is 4.99 Å². The predicted octanol–water partition coefficient (Wildman–Crippen LogP) is 3.81. The van der Waals surface area contributed by atoms with Crippen LogP contribution in [0.25, 0.3) is 0 Å². The SMILES string of the molecule is Cc1cc(C2=NCC(c3cc(Cl)cc(Cl)c3)C2)ccc1C(=O)NC1CS(=O)(=O)C1. The smallest absolute Gasteiger partial charge is 0.251 e. The maximum Gasteiger partial charge on any atom is 0.251 e. The van der Waals surface area contributed by atoms with Crippen LogP contribution < -0.4 is 5.32 Å². The Morgan fingerprint density at radius 3 is 2.41 bits per heavy atom. The molecule has 0 aromatic heterocycles. The first-order valence-corrected chi connectivity index (χ1v) is 11.9. The molecule has 0 bridgehead atoms. The van der Waals surface area contributed by atoms with Gasteiger partial charge in [0.15, 0.2) is 9.84 Å². The van der Waals surface area contributed by atoms with Crippen LogP contribution in [0, 0.1) is 6.92 Å². The van der Waals surface area contributed by atoms with Gasteiger partial charge < -0.3 is 5.32 Å². The maximum absolute atomic E-state index is 12.5. The quantitative estimate of drug-likeness (QED) is 0.769. The number of nitrogens with one attached hydrogen (secondary N) is 1. The van der Waals surface area contributed by atoms with Gasteiger partial charge in [0.1, 0.15) is 0 Å². The molecular formula is C21H20Cl2N2O3S. The number of halogens is 2. The minimum absolute atomic E-state index is 0.0155. The maximum atomic E-state index is 12.5. The average molecular weight is 451 g/mol. The number of carbonyl (C=O) groups excluding carboxylic acids is 1. The van der Waals surface area contributed by atoms with E-state index in [0.29, 0.717) is 22.2 Å². The molecule has 0 radical (unpaired) electrons. The van der Waals surface area contributed by atoms with Gasteiger partial charge in [0.25, 0.3) is 5.91 Å². The van der Waals surface area contributed by atoms with Crippen LogP contribution in [-0.2, 0) is 9.84 Å². The molecule has 152 valence electrons. The highest BCUT2D eigenvalue weighted by Crippen LogP contribution is 2.32. The third-order valence-electron chi connectivity index (χ3n) is 5.35. The molecular weight excluding hydrogens is 431 g/mol. The summed E-state index contributed by atoms with van der Waals surface area (Å²) in [6, 6.07) is 10.9. The number of hydrogen-bond donors (Lipinski definition) is 1. The van der Waals surface area contributed by atoms with Crippen molar-refractivity contribution in [3.05, 3.63) is 68.7 Å². The molecule has 4 rings (SSSR count). The number of amides is 1. The van der Waals surface area contributed by atoms with Crippen molar-refractivity contribution in [3.63, 3.8) is 0 Å². The van der Waals surface area contributed by atoms with Crippen molar-refractivity contribution >= 4 is 44.7 Å². The van der Waals surface area contributed by atoms with E-state index in [1.165, 1.54) is 0 Å². The lowest BCUT2D eigenvalue weighted by atomic mass is 9.93. The van der Waals surface area contributed by atoms with Crippen LogP contribution in [0.1, 0.15) is 39.4 Å².